The maximum absolute atomic E-state index is 10.7. The van der Waals surface area contributed by atoms with Crippen LogP contribution in [0.2, 0.25) is 0 Å². The number of hydrogen-bond donors (Lipinski definition) is 2. The minimum absolute atomic E-state index is 0.111. The fraction of sp³-hybridized carbons (Fsp3) is 1.00. The Kier molecular flexibility index (Phi) is 4.31. The molecule has 13 heavy (non-hydrogen) atoms. The summed E-state index contributed by atoms with van der Waals surface area (Å²) in [7, 11) is 0. The van der Waals surface area contributed by atoms with Gasteiger partial charge in [-0.25, -0.2) is 4.21 Å². The SMILES string of the molecule is C[C@H]([C@@H](O)C1CCOCC1)S(=O)O. The van der Waals surface area contributed by atoms with Crippen LogP contribution in [-0.2, 0) is 15.8 Å². The van der Waals surface area contributed by atoms with Gasteiger partial charge in [-0.2, -0.15) is 0 Å². The van der Waals surface area contributed by atoms with E-state index in [1.54, 1.807) is 6.92 Å². The molecule has 78 valence electrons. The Labute approximate surface area is 80.6 Å². The lowest BCUT2D eigenvalue weighted by Crippen LogP contribution is -2.37. The summed E-state index contributed by atoms with van der Waals surface area (Å²) in [6, 6.07) is 0. The Morgan fingerprint density at radius 3 is 2.46 bits per heavy atom. The van der Waals surface area contributed by atoms with Crippen molar-refractivity contribution in [2.45, 2.75) is 31.1 Å². The smallest absolute Gasteiger partial charge is 0.158 e. The van der Waals surface area contributed by atoms with Crippen molar-refractivity contribution in [3.63, 3.8) is 0 Å². The van der Waals surface area contributed by atoms with E-state index >= 15 is 0 Å². The van der Waals surface area contributed by atoms with Crippen LogP contribution in [0, 0.1) is 5.92 Å². The molecular formula is C8H16O4S. The quantitative estimate of drug-likeness (QED) is 0.658. The summed E-state index contributed by atoms with van der Waals surface area (Å²) >= 11 is -1.93. The zero-order chi connectivity index (χ0) is 9.84. The van der Waals surface area contributed by atoms with Gasteiger partial charge in [0.1, 0.15) is 0 Å². The van der Waals surface area contributed by atoms with E-state index in [-0.39, 0.29) is 5.92 Å². The molecule has 1 saturated heterocycles. The summed E-state index contributed by atoms with van der Waals surface area (Å²) < 4.78 is 24.6. The first-order chi connectivity index (χ1) is 6.13. The Bertz CT molecular complexity index is 179. The van der Waals surface area contributed by atoms with Gasteiger partial charge in [0.25, 0.3) is 0 Å². The molecular weight excluding hydrogens is 192 g/mol. The van der Waals surface area contributed by atoms with E-state index in [0.717, 1.165) is 12.8 Å². The molecule has 2 N–H and O–H groups in total. The van der Waals surface area contributed by atoms with E-state index in [1.165, 1.54) is 0 Å². The van der Waals surface area contributed by atoms with Crippen LogP contribution in [0.5, 0.6) is 0 Å². The van der Waals surface area contributed by atoms with Crippen molar-refractivity contribution in [1.82, 2.24) is 0 Å². The second kappa shape index (κ2) is 5.05. The highest BCUT2D eigenvalue weighted by atomic mass is 32.2. The van der Waals surface area contributed by atoms with Crippen molar-refractivity contribution < 1.29 is 18.6 Å². The van der Waals surface area contributed by atoms with Crippen LogP contribution in [0.3, 0.4) is 0 Å². The average Bonchev–Trinajstić information content (AvgIpc) is 2.17. The van der Waals surface area contributed by atoms with Crippen molar-refractivity contribution >= 4 is 11.1 Å². The standard InChI is InChI=1S/C8H16O4S/c1-6(13(10)11)8(9)7-2-4-12-5-3-7/h6-9H,2-5H2,1H3,(H,10,11)/t6-,8-/m1/s1. The van der Waals surface area contributed by atoms with Gasteiger partial charge in [0, 0.05) is 13.2 Å². The second-order valence-corrected chi connectivity index (χ2v) is 4.72. The van der Waals surface area contributed by atoms with E-state index in [9.17, 15) is 9.32 Å². The average molecular weight is 208 g/mol. The van der Waals surface area contributed by atoms with Gasteiger partial charge >= 0.3 is 0 Å². The minimum atomic E-state index is -1.93. The van der Waals surface area contributed by atoms with Gasteiger partial charge in [0.15, 0.2) is 11.1 Å². The predicted octanol–water partition coefficient (Wildman–Crippen LogP) is 0.384. The first-order valence-electron chi connectivity index (χ1n) is 4.48. The van der Waals surface area contributed by atoms with Crippen molar-refractivity contribution in [3.8, 4) is 0 Å². The molecule has 0 saturated carbocycles. The molecule has 1 fully saturated rings. The second-order valence-electron chi connectivity index (χ2n) is 3.42. The van der Waals surface area contributed by atoms with Gasteiger partial charge in [-0.05, 0) is 25.7 Å². The number of ether oxygens (including phenoxy) is 1. The molecule has 1 rings (SSSR count). The van der Waals surface area contributed by atoms with Crippen LogP contribution in [0.4, 0.5) is 0 Å². The third-order valence-electron chi connectivity index (χ3n) is 2.55. The fourth-order valence-electron chi connectivity index (χ4n) is 1.56. The van der Waals surface area contributed by atoms with Crippen molar-refractivity contribution in [2.75, 3.05) is 13.2 Å². The lowest BCUT2D eigenvalue weighted by Gasteiger charge is -2.28. The Hall–Kier alpha value is 0.0300. The van der Waals surface area contributed by atoms with E-state index < -0.39 is 22.4 Å². The fourth-order valence-corrected chi connectivity index (χ4v) is 2.02. The molecule has 0 aromatic carbocycles. The number of aliphatic hydroxyl groups is 1. The van der Waals surface area contributed by atoms with Gasteiger partial charge in [-0.3, -0.25) is 0 Å². The van der Waals surface area contributed by atoms with Gasteiger partial charge in [0.2, 0.25) is 0 Å². The van der Waals surface area contributed by atoms with E-state index in [0.29, 0.717) is 13.2 Å². The molecule has 0 spiro atoms. The number of hydrogen-bond acceptors (Lipinski definition) is 3. The molecule has 1 heterocycles. The van der Waals surface area contributed by atoms with Gasteiger partial charge < -0.3 is 14.4 Å². The maximum Gasteiger partial charge on any atom is 0.158 e. The molecule has 0 aromatic heterocycles. The van der Waals surface area contributed by atoms with Crippen molar-refractivity contribution in [3.05, 3.63) is 0 Å². The molecule has 1 unspecified atom stereocenters. The highest BCUT2D eigenvalue weighted by molar-refractivity contribution is 7.79. The maximum atomic E-state index is 10.7. The van der Waals surface area contributed by atoms with Crippen molar-refractivity contribution in [1.29, 1.82) is 0 Å². The number of aliphatic hydroxyl groups excluding tert-OH is 1. The molecule has 0 radical (unpaired) electrons. The molecule has 0 aromatic rings. The van der Waals surface area contributed by atoms with Gasteiger partial charge in [-0.1, -0.05) is 0 Å². The lowest BCUT2D eigenvalue weighted by molar-refractivity contribution is 0.00804. The summed E-state index contributed by atoms with van der Waals surface area (Å²) in [6.07, 6.45) is 0.875. The molecule has 3 atom stereocenters. The molecule has 1 aliphatic rings. The third-order valence-corrected chi connectivity index (χ3v) is 3.46. The minimum Gasteiger partial charge on any atom is -0.392 e. The van der Waals surface area contributed by atoms with Crippen molar-refractivity contribution in [2.24, 2.45) is 5.92 Å². The monoisotopic (exact) mass is 208 g/mol. The lowest BCUT2D eigenvalue weighted by atomic mass is 9.92. The zero-order valence-corrected chi connectivity index (χ0v) is 8.50. The predicted molar refractivity (Wildman–Crippen MR) is 49.8 cm³/mol. The molecule has 0 aliphatic carbocycles. The van der Waals surface area contributed by atoms with Crippen LogP contribution in [-0.4, -0.2) is 38.4 Å². The van der Waals surface area contributed by atoms with Crippen LogP contribution in [0.15, 0.2) is 0 Å². The van der Waals surface area contributed by atoms with E-state index in [2.05, 4.69) is 0 Å². The Balaban J connectivity index is 2.44. The molecule has 0 amide bonds. The number of rotatable bonds is 3. The van der Waals surface area contributed by atoms with E-state index in [1.807, 2.05) is 0 Å². The van der Waals surface area contributed by atoms with Crippen LogP contribution < -0.4 is 0 Å². The summed E-state index contributed by atoms with van der Waals surface area (Å²) in [5.74, 6) is 0.111. The first-order valence-corrected chi connectivity index (χ1v) is 5.65. The molecule has 5 heteroatoms. The Morgan fingerprint density at radius 2 is 2.00 bits per heavy atom. The van der Waals surface area contributed by atoms with E-state index in [4.69, 9.17) is 9.29 Å². The normalized spacial score (nSPS) is 26.7. The van der Waals surface area contributed by atoms with Crippen LogP contribution in [0.1, 0.15) is 19.8 Å². The van der Waals surface area contributed by atoms with Crippen LogP contribution in [0.25, 0.3) is 0 Å². The molecule has 4 nitrogen and oxygen atoms in total. The summed E-state index contributed by atoms with van der Waals surface area (Å²) in [6.45, 7) is 2.88. The summed E-state index contributed by atoms with van der Waals surface area (Å²) in [5, 5.41) is 9.14. The first kappa shape index (κ1) is 11.1. The van der Waals surface area contributed by atoms with Crippen LogP contribution >= 0.6 is 0 Å². The topological polar surface area (TPSA) is 66.8 Å². The third kappa shape index (κ3) is 3.02. The molecule has 1 aliphatic heterocycles. The highest BCUT2D eigenvalue weighted by Crippen LogP contribution is 2.22. The summed E-state index contributed by atoms with van der Waals surface area (Å²) in [5.41, 5.74) is 0. The largest absolute Gasteiger partial charge is 0.392 e. The van der Waals surface area contributed by atoms with Gasteiger partial charge in [0.05, 0.1) is 11.4 Å². The van der Waals surface area contributed by atoms with Gasteiger partial charge in [-0.15, -0.1) is 0 Å². The highest BCUT2D eigenvalue weighted by Gasteiger charge is 2.29. The molecule has 0 bridgehead atoms. The summed E-state index contributed by atoms with van der Waals surface area (Å²) in [4.78, 5) is 0. The zero-order valence-electron chi connectivity index (χ0n) is 7.68. The Morgan fingerprint density at radius 1 is 1.46 bits per heavy atom.